The molecule has 3 rings (SSSR count). The third kappa shape index (κ3) is 5.98. The molecule has 2 fully saturated rings. The van der Waals surface area contributed by atoms with Gasteiger partial charge in [-0.3, -0.25) is 14.7 Å². The second kappa shape index (κ2) is 8.98. The van der Waals surface area contributed by atoms with Gasteiger partial charge in [0.2, 0.25) is 5.91 Å². The first-order valence-electron chi connectivity index (χ1n) is 9.53. The van der Waals surface area contributed by atoms with Gasteiger partial charge in [-0.25, -0.2) is 4.79 Å². The Labute approximate surface area is 155 Å². The second-order valence-corrected chi connectivity index (χ2v) is 7.33. The summed E-state index contributed by atoms with van der Waals surface area (Å²) in [6.45, 7) is 2.81. The zero-order valence-corrected chi connectivity index (χ0v) is 15.5. The highest BCUT2D eigenvalue weighted by Gasteiger charge is 2.26. The molecule has 1 aliphatic heterocycles. The molecule has 1 aromatic heterocycles. The molecular formula is C19H29N5O2. The normalized spacial score (nSPS) is 18.3. The van der Waals surface area contributed by atoms with Gasteiger partial charge in [0.15, 0.2) is 0 Å². The Kier molecular flexibility index (Phi) is 6.44. The quantitative estimate of drug-likeness (QED) is 0.762. The van der Waals surface area contributed by atoms with Crippen LogP contribution in [0.5, 0.6) is 0 Å². The number of aromatic nitrogens is 1. The first-order chi connectivity index (χ1) is 12.6. The number of likely N-dealkylation sites (tertiary alicyclic amines) is 1. The van der Waals surface area contributed by atoms with E-state index in [1.165, 1.54) is 0 Å². The van der Waals surface area contributed by atoms with Gasteiger partial charge in [0.05, 0.1) is 6.54 Å². The Morgan fingerprint density at radius 2 is 1.88 bits per heavy atom. The minimum Gasteiger partial charge on any atom is -0.352 e. The molecule has 0 unspecified atom stereocenters. The average Bonchev–Trinajstić information content (AvgIpc) is 3.46. The van der Waals surface area contributed by atoms with E-state index >= 15 is 0 Å². The molecule has 1 aromatic rings. The highest BCUT2D eigenvalue weighted by Crippen LogP contribution is 2.18. The number of amides is 3. The van der Waals surface area contributed by atoms with Crippen molar-refractivity contribution in [1.82, 2.24) is 25.4 Å². The molecule has 2 heterocycles. The van der Waals surface area contributed by atoms with E-state index in [2.05, 4.69) is 20.5 Å². The SMILES string of the molecule is CN(CCc1ccccn1)C(=O)NC1CCN(CC(=O)NC2CC2)CC1. The summed E-state index contributed by atoms with van der Waals surface area (Å²) < 4.78 is 0. The van der Waals surface area contributed by atoms with Crippen LogP contribution >= 0.6 is 0 Å². The predicted octanol–water partition coefficient (Wildman–Crippen LogP) is 1.01. The standard InChI is InChI=1S/C19H29N5O2/c1-23(11-7-15-4-2-3-10-20-15)19(26)22-17-8-12-24(13-9-17)14-18(25)21-16-5-6-16/h2-4,10,16-17H,5-9,11-14H2,1H3,(H,21,25)(H,22,26). The van der Waals surface area contributed by atoms with Gasteiger partial charge in [-0.05, 0) is 37.8 Å². The zero-order chi connectivity index (χ0) is 18.4. The minimum absolute atomic E-state index is 0.0362. The van der Waals surface area contributed by atoms with Crippen molar-refractivity contribution in [3.05, 3.63) is 30.1 Å². The number of urea groups is 1. The molecule has 142 valence electrons. The van der Waals surface area contributed by atoms with E-state index in [0.29, 0.717) is 19.1 Å². The maximum atomic E-state index is 12.3. The highest BCUT2D eigenvalue weighted by molar-refractivity contribution is 5.78. The van der Waals surface area contributed by atoms with Crippen LogP contribution in [0, 0.1) is 0 Å². The molecule has 7 heteroatoms. The fourth-order valence-electron chi connectivity index (χ4n) is 3.15. The van der Waals surface area contributed by atoms with Crippen LogP contribution < -0.4 is 10.6 Å². The largest absolute Gasteiger partial charge is 0.352 e. The van der Waals surface area contributed by atoms with Gasteiger partial charge < -0.3 is 15.5 Å². The Balaban J connectivity index is 1.32. The lowest BCUT2D eigenvalue weighted by atomic mass is 10.1. The van der Waals surface area contributed by atoms with E-state index in [4.69, 9.17) is 0 Å². The highest BCUT2D eigenvalue weighted by atomic mass is 16.2. The molecule has 2 aliphatic rings. The van der Waals surface area contributed by atoms with E-state index in [0.717, 1.165) is 50.9 Å². The number of nitrogens with zero attached hydrogens (tertiary/aromatic N) is 3. The first kappa shape index (κ1) is 18.6. The van der Waals surface area contributed by atoms with Crippen molar-refractivity contribution in [3.8, 4) is 0 Å². The molecule has 0 atom stereocenters. The molecule has 0 aromatic carbocycles. The number of rotatable bonds is 7. The molecule has 1 saturated heterocycles. The summed E-state index contributed by atoms with van der Waals surface area (Å²) in [7, 11) is 1.82. The van der Waals surface area contributed by atoms with Crippen molar-refractivity contribution < 1.29 is 9.59 Å². The topological polar surface area (TPSA) is 77.6 Å². The monoisotopic (exact) mass is 359 g/mol. The van der Waals surface area contributed by atoms with Gasteiger partial charge in [0, 0.05) is 57.1 Å². The Morgan fingerprint density at radius 3 is 2.54 bits per heavy atom. The summed E-state index contributed by atoms with van der Waals surface area (Å²) in [5.41, 5.74) is 0.991. The van der Waals surface area contributed by atoms with Crippen LogP contribution in [0.3, 0.4) is 0 Å². The number of nitrogens with one attached hydrogen (secondary N) is 2. The summed E-state index contributed by atoms with van der Waals surface area (Å²) in [5.74, 6) is 0.129. The third-order valence-corrected chi connectivity index (χ3v) is 5.00. The number of piperidine rings is 1. The van der Waals surface area contributed by atoms with E-state index < -0.39 is 0 Å². The van der Waals surface area contributed by atoms with Gasteiger partial charge >= 0.3 is 6.03 Å². The number of hydrogen-bond donors (Lipinski definition) is 2. The van der Waals surface area contributed by atoms with Crippen molar-refractivity contribution in [2.45, 2.75) is 44.2 Å². The average molecular weight is 359 g/mol. The summed E-state index contributed by atoms with van der Waals surface area (Å²) >= 11 is 0. The summed E-state index contributed by atoms with van der Waals surface area (Å²) in [4.78, 5) is 32.4. The zero-order valence-electron chi connectivity index (χ0n) is 15.5. The maximum Gasteiger partial charge on any atom is 0.317 e. The summed E-state index contributed by atoms with van der Waals surface area (Å²) in [6, 6.07) is 6.39. The van der Waals surface area contributed by atoms with E-state index in [-0.39, 0.29) is 18.0 Å². The molecular weight excluding hydrogens is 330 g/mol. The van der Waals surface area contributed by atoms with Crippen molar-refractivity contribution >= 4 is 11.9 Å². The Bertz CT molecular complexity index is 597. The van der Waals surface area contributed by atoms with Crippen molar-refractivity contribution in [2.24, 2.45) is 0 Å². The van der Waals surface area contributed by atoms with Crippen molar-refractivity contribution in [2.75, 3.05) is 33.2 Å². The molecule has 0 spiro atoms. The Morgan fingerprint density at radius 1 is 1.15 bits per heavy atom. The maximum absolute atomic E-state index is 12.3. The molecule has 26 heavy (non-hydrogen) atoms. The van der Waals surface area contributed by atoms with Crippen LogP contribution in [0.25, 0.3) is 0 Å². The van der Waals surface area contributed by atoms with Crippen LogP contribution in [0.2, 0.25) is 0 Å². The van der Waals surface area contributed by atoms with Crippen LogP contribution in [-0.4, -0.2) is 72.0 Å². The number of hydrogen-bond acceptors (Lipinski definition) is 4. The molecule has 1 aliphatic carbocycles. The lowest BCUT2D eigenvalue weighted by Crippen LogP contribution is -2.50. The lowest BCUT2D eigenvalue weighted by Gasteiger charge is -2.32. The fourth-order valence-corrected chi connectivity index (χ4v) is 3.15. The van der Waals surface area contributed by atoms with E-state index in [1.807, 2.05) is 25.2 Å². The van der Waals surface area contributed by atoms with Gasteiger partial charge in [-0.2, -0.15) is 0 Å². The van der Waals surface area contributed by atoms with E-state index in [1.54, 1.807) is 11.1 Å². The fraction of sp³-hybridized carbons (Fsp3) is 0.632. The van der Waals surface area contributed by atoms with E-state index in [9.17, 15) is 9.59 Å². The van der Waals surface area contributed by atoms with Crippen molar-refractivity contribution in [3.63, 3.8) is 0 Å². The van der Waals surface area contributed by atoms with Crippen LogP contribution in [0.4, 0.5) is 4.79 Å². The van der Waals surface area contributed by atoms with Gasteiger partial charge in [0.25, 0.3) is 0 Å². The van der Waals surface area contributed by atoms with Crippen molar-refractivity contribution in [1.29, 1.82) is 0 Å². The molecule has 2 N–H and O–H groups in total. The first-order valence-corrected chi connectivity index (χ1v) is 9.53. The van der Waals surface area contributed by atoms with Crippen LogP contribution in [0.1, 0.15) is 31.4 Å². The van der Waals surface area contributed by atoms with Crippen LogP contribution in [-0.2, 0) is 11.2 Å². The van der Waals surface area contributed by atoms with Gasteiger partial charge in [0.1, 0.15) is 0 Å². The molecule has 0 bridgehead atoms. The van der Waals surface area contributed by atoms with Crippen LogP contribution in [0.15, 0.2) is 24.4 Å². The predicted molar refractivity (Wildman–Crippen MR) is 99.7 cm³/mol. The molecule has 0 radical (unpaired) electrons. The molecule has 1 saturated carbocycles. The number of carbonyl (C=O) groups excluding carboxylic acids is 2. The minimum atomic E-state index is -0.0362. The number of carbonyl (C=O) groups is 2. The Hall–Kier alpha value is -2.15. The number of pyridine rings is 1. The van der Waals surface area contributed by atoms with Gasteiger partial charge in [-0.1, -0.05) is 6.07 Å². The third-order valence-electron chi connectivity index (χ3n) is 5.00. The number of likely N-dealkylation sites (N-methyl/N-ethyl adjacent to an activating group) is 1. The summed E-state index contributed by atoms with van der Waals surface area (Å²) in [5, 5.41) is 6.14. The smallest absolute Gasteiger partial charge is 0.317 e. The molecule has 3 amide bonds. The second-order valence-electron chi connectivity index (χ2n) is 7.33. The lowest BCUT2D eigenvalue weighted by molar-refractivity contribution is -0.122. The summed E-state index contributed by atoms with van der Waals surface area (Å²) in [6.07, 6.45) is 6.53. The molecule has 7 nitrogen and oxygen atoms in total. The van der Waals surface area contributed by atoms with Gasteiger partial charge in [-0.15, -0.1) is 0 Å².